The van der Waals surface area contributed by atoms with Gasteiger partial charge in [0.25, 0.3) is 5.91 Å². The van der Waals surface area contributed by atoms with Crippen LogP contribution in [0.5, 0.6) is 11.5 Å². The summed E-state index contributed by atoms with van der Waals surface area (Å²) < 4.78 is 13.5. The number of imidazole rings is 1. The second-order valence-electron chi connectivity index (χ2n) is 8.21. The Morgan fingerprint density at radius 1 is 0.971 bits per heavy atom. The molecule has 5 rings (SSSR count). The molecule has 0 spiro atoms. The van der Waals surface area contributed by atoms with Gasteiger partial charge in [0.2, 0.25) is 12.0 Å². The van der Waals surface area contributed by atoms with Gasteiger partial charge in [-0.15, -0.1) is 0 Å². The first-order valence-electron chi connectivity index (χ1n) is 11.2. The quantitative estimate of drug-likeness (QED) is 0.525. The zero-order valence-corrected chi connectivity index (χ0v) is 19.7. The van der Waals surface area contributed by atoms with Crippen molar-refractivity contribution >= 4 is 23.6 Å². The molecule has 0 aliphatic carbocycles. The van der Waals surface area contributed by atoms with Crippen molar-refractivity contribution in [3.05, 3.63) is 60.8 Å². The number of aromatic nitrogens is 2. The van der Waals surface area contributed by atoms with E-state index in [1.165, 1.54) is 11.8 Å². The Morgan fingerprint density at radius 2 is 1.65 bits per heavy atom. The highest BCUT2D eigenvalue weighted by atomic mass is 32.2. The van der Waals surface area contributed by atoms with Gasteiger partial charge in [-0.25, -0.2) is 4.98 Å². The van der Waals surface area contributed by atoms with Crippen molar-refractivity contribution in [2.24, 2.45) is 7.05 Å². The first-order chi connectivity index (χ1) is 16.6. The summed E-state index contributed by atoms with van der Waals surface area (Å²) in [4.78, 5) is 33.8. The first kappa shape index (κ1) is 22.3. The third kappa shape index (κ3) is 4.61. The summed E-state index contributed by atoms with van der Waals surface area (Å²) in [6, 6.07) is 17.4. The molecule has 34 heavy (non-hydrogen) atoms. The molecule has 2 aliphatic rings. The number of hydrogen-bond donors (Lipinski definition) is 0. The predicted octanol–water partition coefficient (Wildman–Crippen LogP) is 2.69. The summed E-state index contributed by atoms with van der Waals surface area (Å²) in [6.07, 6.45) is 1.18. The van der Waals surface area contributed by atoms with Gasteiger partial charge in [-0.3, -0.25) is 9.59 Å². The second kappa shape index (κ2) is 9.80. The topological polar surface area (TPSA) is 76.9 Å². The van der Waals surface area contributed by atoms with Crippen molar-refractivity contribution in [3.63, 3.8) is 0 Å². The smallest absolute Gasteiger partial charge is 0.267 e. The van der Waals surface area contributed by atoms with E-state index in [4.69, 9.17) is 9.47 Å². The summed E-state index contributed by atoms with van der Waals surface area (Å²) in [5.74, 6) is 1.50. The maximum absolute atomic E-state index is 12.9. The fraction of sp³-hybridized carbons (Fsp3) is 0.320. The molecule has 2 amide bonds. The number of thioether (sulfide) groups is 1. The van der Waals surface area contributed by atoms with E-state index < -0.39 is 6.10 Å². The highest BCUT2D eigenvalue weighted by molar-refractivity contribution is 7.99. The fourth-order valence-corrected chi connectivity index (χ4v) is 5.00. The molecule has 2 aliphatic heterocycles. The largest absolute Gasteiger partial charge is 0.485 e. The summed E-state index contributed by atoms with van der Waals surface area (Å²) in [7, 11) is 1.96. The van der Waals surface area contributed by atoms with Crippen LogP contribution < -0.4 is 9.47 Å². The van der Waals surface area contributed by atoms with E-state index in [9.17, 15) is 9.59 Å². The second-order valence-corrected chi connectivity index (χ2v) is 9.15. The van der Waals surface area contributed by atoms with Gasteiger partial charge in [-0.2, -0.15) is 0 Å². The Morgan fingerprint density at radius 3 is 2.41 bits per heavy atom. The van der Waals surface area contributed by atoms with Crippen LogP contribution in [-0.4, -0.2) is 75.8 Å². The molecule has 3 aromatic rings. The summed E-state index contributed by atoms with van der Waals surface area (Å²) >= 11 is 1.43. The lowest BCUT2D eigenvalue weighted by Gasteiger charge is -2.37. The number of para-hydroxylation sites is 2. The lowest BCUT2D eigenvalue weighted by molar-refractivity contribution is -0.145. The average Bonchev–Trinajstić information content (AvgIpc) is 3.27. The summed E-state index contributed by atoms with van der Waals surface area (Å²) in [5.41, 5.74) is 2.10. The van der Waals surface area contributed by atoms with E-state index in [1.807, 2.05) is 71.2 Å². The van der Waals surface area contributed by atoms with E-state index in [2.05, 4.69) is 4.98 Å². The molecule has 3 heterocycles. The van der Waals surface area contributed by atoms with Gasteiger partial charge < -0.3 is 23.8 Å². The molecule has 1 fully saturated rings. The molecule has 0 bridgehead atoms. The third-order valence-corrected chi connectivity index (χ3v) is 7.10. The summed E-state index contributed by atoms with van der Waals surface area (Å²) in [6.45, 7) is 2.17. The van der Waals surface area contributed by atoms with Crippen LogP contribution in [0.2, 0.25) is 0 Å². The Labute approximate surface area is 202 Å². The van der Waals surface area contributed by atoms with Gasteiger partial charge in [0.15, 0.2) is 16.7 Å². The molecule has 0 unspecified atom stereocenters. The van der Waals surface area contributed by atoms with Gasteiger partial charge in [0.05, 0.1) is 17.6 Å². The SMILES string of the molecule is Cn1c(-c2ccccc2)cnc1SCC(=O)N1CCN(C(=O)[C@@H]2COc3ccccc3O2)CC1. The first-order valence-corrected chi connectivity index (χ1v) is 12.2. The standard InChI is InChI=1S/C25H26N4O4S/c1-27-19(18-7-3-2-4-8-18)15-26-25(27)34-17-23(30)28-11-13-29(14-12-28)24(31)22-16-32-20-9-5-6-10-21(20)33-22/h2-10,15,22H,11-14,16-17H2,1H3/t22-/m0/s1. The van der Waals surface area contributed by atoms with Gasteiger partial charge >= 0.3 is 0 Å². The molecule has 1 saturated heterocycles. The van der Waals surface area contributed by atoms with Crippen LogP contribution in [0, 0.1) is 0 Å². The van der Waals surface area contributed by atoms with E-state index in [1.54, 1.807) is 11.0 Å². The van der Waals surface area contributed by atoms with Gasteiger partial charge in [0, 0.05) is 33.2 Å². The number of rotatable bonds is 5. The maximum Gasteiger partial charge on any atom is 0.267 e. The Kier molecular flexibility index (Phi) is 6.44. The Hall–Kier alpha value is -3.46. The van der Waals surface area contributed by atoms with E-state index in [0.717, 1.165) is 16.4 Å². The Balaban J connectivity index is 1.11. The van der Waals surface area contributed by atoms with Crippen LogP contribution in [-0.2, 0) is 16.6 Å². The molecule has 1 atom stereocenters. The molecule has 176 valence electrons. The lowest BCUT2D eigenvalue weighted by atomic mass is 10.2. The minimum Gasteiger partial charge on any atom is -0.485 e. The number of hydrogen-bond acceptors (Lipinski definition) is 6. The van der Waals surface area contributed by atoms with Gasteiger partial charge in [-0.05, 0) is 17.7 Å². The number of ether oxygens (including phenoxy) is 2. The zero-order valence-electron chi connectivity index (χ0n) is 18.9. The van der Waals surface area contributed by atoms with Crippen LogP contribution in [0.4, 0.5) is 0 Å². The predicted molar refractivity (Wildman–Crippen MR) is 129 cm³/mol. The third-order valence-electron chi connectivity index (χ3n) is 6.07. The van der Waals surface area contributed by atoms with Crippen molar-refractivity contribution in [3.8, 4) is 22.8 Å². The highest BCUT2D eigenvalue weighted by Gasteiger charge is 2.33. The van der Waals surface area contributed by atoms with Crippen LogP contribution in [0.15, 0.2) is 66.0 Å². The van der Waals surface area contributed by atoms with E-state index in [0.29, 0.717) is 43.4 Å². The van der Waals surface area contributed by atoms with Crippen molar-refractivity contribution in [1.82, 2.24) is 19.4 Å². The molecule has 0 saturated carbocycles. The van der Waals surface area contributed by atoms with Gasteiger partial charge in [0.1, 0.15) is 6.61 Å². The molecule has 0 N–H and O–H groups in total. The summed E-state index contributed by atoms with van der Waals surface area (Å²) in [5, 5.41) is 0.802. The number of carbonyl (C=O) groups is 2. The molecular weight excluding hydrogens is 452 g/mol. The molecular formula is C25H26N4O4S. The van der Waals surface area contributed by atoms with Crippen LogP contribution in [0.1, 0.15) is 0 Å². The molecule has 8 nitrogen and oxygen atoms in total. The zero-order chi connectivity index (χ0) is 23.5. The van der Waals surface area contributed by atoms with Crippen LogP contribution >= 0.6 is 11.8 Å². The highest BCUT2D eigenvalue weighted by Crippen LogP contribution is 2.31. The number of fused-ring (bicyclic) bond motifs is 1. The number of nitrogens with zero attached hydrogens (tertiary/aromatic N) is 4. The molecule has 9 heteroatoms. The van der Waals surface area contributed by atoms with Crippen molar-refractivity contribution in [2.45, 2.75) is 11.3 Å². The van der Waals surface area contributed by atoms with Gasteiger partial charge in [-0.1, -0.05) is 54.2 Å². The maximum atomic E-state index is 12.9. The monoisotopic (exact) mass is 478 g/mol. The van der Waals surface area contributed by atoms with Crippen molar-refractivity contribution in [1.29, 1.82) is 0 Å². The fourth-order valence-electron chi connectivity index (χ4n) is 4.14. The average molecular weight is 479 g/mol. The number of benzene rings is 2. The molecule has 0 radical (unpaired) electrons. The van der Waals surface area contributed by atoms with E-state index in [-0.39, 0.29) is 18.4 Å². The number of amides is 2. The van der Waals surface area contributed by atoms with Crippen molar-refractivity contribution < 1.29 is 19.1 Å². The van der Waals surface area contributed by atoms with Crippen LogP contribution in [0.3, 0.4) is 0 Å². The normalized spacial score (nSPS) is 17.5. The Bertz CT molecular complexity index is 1170. The number of piperazine rings is 1. The number of carbonyl (C=O) groups excluding carboxylic acids is 2. The van der Waals surface area contributed by atoms with Crippen LogP contribution in [0.25, 0.3) is 11.3 Å². The molecule has 1 aromatic heterocycles. The minimum atomic E-state index is -0.657. The molecule has 2 aromatic carbocycles. The van der Waals surface area contributed by atoms with E-state index >= 15 is 0 Å². The van der Waals surface area contributed by atoms with Crippen molar-refractivity contribution in [2.75, 3.05) is 38.5 Å². The minimum absolute atomic E-state index is 0.0486. The lowest BCUT2D eigenvalue weighted by Crippen LogP contribution is -2.55.